The number of carbonyl (C=O) groups excluding carboxylic acids is 2. The average Bonchev–Trinajstić information content (AvgIpc) is 3.05. The van der Waals surface area contributed by atoms with Crippen molar-refractivity contribution in [3.8, 4) is 0 Å². The number of anilines is 1. The Morgan fingerprint density at radius 3 is 2.58 bits per heavy atom. The third-order valence-corrected chi connectivity index (χ3v) is 3.41. The molecule has 1 aromatic carbocycles. The van der Waals surface area contributed by atoms with Crippen LogP contribution in [0.25, 0.3) is 0 Å². The number of hydrazone groups is 1. The van der Waals surface area contributed by atoms with Gasteiger partial charge in [-0.05, 0) is 31.5 Å². The lowest BCUT2D eigenvalue weighted by Crippen LogP contribution is -2.20. The molecule has 0 aliphatic rings. The van der Waals surface area contributed by atoms with Gasteiger partial charge in [-0.2, -0.15) is 5.10 Å². The largest absolute Gasteiger partial charge is 0.433 e. The van der Waals surface area contributed by atoms with E-state index in [4.69, 9.17) is 4.42 Å². The predicted molar refractivity (Wildman–Crippen MR) is 94.9 cm³/mol. The van der Waals surface area contributed by atoms with Crippen molar-refractivity contribution in [1.29, 1.82) is 0 Å². The fourth-order valence-electron chi connectivity index (χ4n) is 2.13. The summed E-state index contributed by atoms with van der Waals surface area (Å²) in [4.78, 5) is 33.4. The van der Waals surface area contributed by atoms with E-state index in [2.05, 4.69) is 15.8 Å². The lowest BCUT2D eigenvalue weighted by Gasteiger charge is -2.08. The Bertz CT molecular complexity index is 857. The number of nitro groups is 1. The van der Waals surface area contributed by atoms with Crippen molar-refractivity contribution in [2.45, 2.75) is 26.7 Å². The number of amides is 2. The molecule has 26 heavy (non-hydrogen) atoms. The molecule has 9 heteroatoms. The van der Waals surface area contributed by atoms with Gasteiger partial charge in [0.15, 0.2) is 5.76 Å². The first-order chi connectivity index (χ1) is 12.3. The average molecular weight is 358 g/mol. The quantitative estimate of drug-likeness (QED) is 0.447. The third-order valence-electron chi connectivity index (χ3n) is 3.41. The van der Waals surface area contributed by atoms with Gasteiger partial charge in [0.25, 0.3) is 0 Å². The molecule has 0 saturated heterocycles. The minimum Gasteiger partial charge on any atom is -0.400 e. The second-order valence-electron chi connectivity index (χ2n) is 5.59. The molecule has 0 unspecified atom stereocenters. The van der Waals surface area contributed by atoms with Gasteiger partial charge in [-0.3, -0.25) is 19.7 Å². The summed E-state index contributed by atoms with van der Waals surface area (Å²) < 4.78 is 4.85. The van der Waals surface area contributed by atoms with E-state index in [0.717, 1.165) is 17.3 Å². The summed E-state index contributed by atoms with van der Waals surface area (Å²) in [6.45, 7) is 3.85. The first kappa shape index (κ1) is 18.8. The van der Waals surface area contributed by atoms with E-state index in [-0.39, 0.29) is 24.5 Å². The Hall–Kier alpha value is -3.49. The summed E-state index contributed by atoms with van der Waals surface area (Å²) >= 11 is 0. The van der Waals surface area contributed by atoms with E-state index < -0.39 is 16.7 Å². The Morgan fingerprint density at radius 1 is 1.19 bits per heavy atom. The van der Waals surface area contributed by atoms with Gasteiger partial charge in [0.2, 0.25) is 11.8 Å². The first-order valence-electron chi connectivity index (χ1n) is 7.78. The van der Waals surface area contributed by atoms with E-state index in [1.807, 2.05) is 32.0 Å². The molecule has 0 radical (unpaired) electrons. The topological polar surface area (TPSA) is 127 Å². The zero-order valence-electron chi connectivity index (χ0n) is 14.3. The smallest absolute Gasteiger partial charge is 0.400 e. The zero-order chi connectivity index (χ0) is 19.1. The number of nitrogens with zero attached hydrogens (tertiary/aromatic N) is 2. The van der Waals surface area contributed by atoms with E-state index in [9.17, 15) is 19.7 Å². The summed E-state index contributed by atoms with van der Waals surface area (Å²) in [5.74, 6) is -1.03. The highest BCUT2D eigenvalue weighted by molar-refractivity contribution is 5.94. The molecule has 0 atom stereocenters. The van der Waals surface area contributed by atoms with Gasteiger partial charge in [-0.15, -0.1) is 0 Å². The highest BCUT2D eigenvalue weighted by atomic mass is 16.6. The Kier molecular flexibility index (Phi) is 6.20. The van der Waals surface area contributed by atoms with Crippen LogP contribution in [0.5, 0.6) is 0 Å². The molecule has 0 fully saturated rings. The van der Waals surface area contributed by atoms with Crippen LogP contribution in [-0.2, 0) is 9.59 Å². The molecule has 0 saturated carbocycles. The van der Waals surface area contributed by atoms with Crippen molar-refractivity contribution in [2.75, 3.05) is 5.32 Å². The molecule has 2 rings (SSSR count). The minimum absolute atomic E-state index is 0.000886. The molecule has 2 N–H and O–H groups in total. The first-order valence-corrected chi connectivity index (χ1v) is 7.78. The van der Waals surface area contributed by atoms with Gasteiger partial charge >= 0.3 is 5.88 Å². The molecule has 0 aliphatic heterocycles. The second kappa shape index (κ2) is 8.56. The van der Waals surface area contributed by atoms with Crippen LogP contribution in [0.4, 0.5) is 11.6 Å². The van der Waals surface area contributed by atoms with E-state index in [1.54, 1.807) is 0 Å². The number of benzene rings is 1. The SMILES string of the molecule is Cc1ccc(NC(=O)CCC(=O)N/N=C\c2ccc([N+](=O)[O-])o2)c(C)c1. The third kappa shape index (κ3) is 5.55. The van der Waals surface area contributed by atoms with Crippen molar-refractivity contribution in [3.05, 3.63) is 57.3 Å². The predicted octanol–water partition coefficient (Wildman–Crippen LogP) is 2.67. The van der Waals surface area contributed by atoms with Crippen LogP contribution in [0.1, 0.15) is 29.7 Å². The van der Waals surface area contributed by atoms with Crippen LogP contribution in [-0.4, -0.2) is 23.0 Å². The fourth-order valence-corrected chi connectivity index (χ4v) is 2.13. The van der Waals surface area contributed by atoms with Crippen molar-refractivity contribution >= 4 is 29.6 Å². The number of hydrogen-bond acceptors (Lipinski definition) is 6. The summed E-state index contributed by atoms with van der Waals surface area (Å²) in [6, 6.07) is 8.19. The van der Waals surface area contributed by atoms with Gasteiger partial charge < -0.3 is 9.73 Å². The van der Waals surface area contributed by atoms with Crippen molar-refractivity contribution < 1.29 is 18.9 Å². The summed E-state index contributed by atoms with van der Waals surface area (Å²) in [7, 11) is 0. The number of hydrogen-bond donors (Lipinski definition) is 2. The number of rotatable bonds is 7. The van der Waals surface area contributed by atoms with Crippen LogP contribution < -0.4 is 10.7 Å². The van der Waals surface area contributed by atoms with E-state index in [0.29, 0.717) is 5.69 Å². The molecular formula is C17H18N4O5. The summed E-state index contributed by atoms with van der Waals surface area (Å²) in [6.07, 6.45) is 1.09. The van der Waals surface area contributed by atoms with Gasteiger partial charge in [0, 0.05) is 18.5 Å². The lowest BCUT2D eigenvalue weighted by atomic mass is 10.1. The fraction of sp³-hybridized carbons (Fsp3) is 0.235. The molecule has 0 bridgehead atoms. The molecule has 0 spiro atoms. The number of furan rings is 1. The molecule has 9 nitrogen and oxygen atoms in total. The van der Waals surface area contributed by atoms with Crippen LogP contribution in [0.3, 0.4) is 0 Å². The monoisotopic (exact) mass is 358 g/mol. The molecular weight excluding hydrogens is 340 g/mol. The van der Waals surface area contributed by atoms with Gasteiger partial charge in [0.05, 0.1) is 12.3 Å². The Balaban J connectivity index is 1.76. The summed E-state index contributed by atoms with van der Waals surface area (Å²) in [5.41, 5.74) is 4.98. The Labute approximate surface area is 149 Å². The van der Waals surface area contributed by atoms with E-state index >= 15 is 0 Å². The standard InChI is InChI=1S/C17H18N4O5/c1-11-3-5-14(12(2)9-11)19-15(22)6-7-16(23)20-18-10-13-4-8-17(26-13)21(24)25/h3-5,8-10H,6-7H2,1-2H3,(H,19,22)(H,20,23)/b18-10-. The normalized spacial score (nSPS) is 10.7. The van der Waals surface area contributed by atoms with Crippen molar-refractivity contribution in [2.24, 2.45) is 5.10 Å². The van der Waals surface area contributed by atoms with Crippen LogP contribution in [0.15, 0.2) is 39.9 Å². The Morgan fingerprint density at radius 2 is 1.92 bits per heavy atom. The maximum Gasteiger partial charge on any atom is 0.433 e. The molecule has 2 aromatic rings. The molecule has 2 amide bonds. The lowest BCUT2D eigenvalue weighted by molar-refractivity contribution is -0.402. The number of nitrogens with one attached hydrogen (secondary N) is 2. The van der Waals surface area contributed by atoms with Crippen molar-refractivity contribution in [3.63, 3.8) is 0 Å². The molecule has 136 valence electrons. The van der Waals surface area contributed by atoms with Gasteiger partial charge in [-0.1, -0.05) is 17.7 Å². The van der Waals surface area contributed by atoms with Gasteiger partial charge in [-0.25, -0.2) is 5.43 Å². The highest BCUT2D eigenvalue weighted by Crippen LogP contribution is 2.16. The molecule has 1 aromatic heterocycles. The van der Waals surface area contributed by atoms with Crippen molar-refractivity contribution in [1.82, 2.24) is 5.43 Å². The maximum atomic E-state index is 11.9. The van der Waals surface area contributed by atoms with Crippen LogP contribution in [0, 0.1) is 24.0 Å². The molecule has 0 aliphatic carbocycles. The highest BCUT2D eigenvalue weighted by Gasteiger charge is 2.11. The van der Waals surface area contributed by atoms with E-state index in [1.165, 1.54) is 12.1 Å². The summed E-state index contributed by atoms with van der Waals surface area (Å²) in [5, 5.41) is 16.9. The van der Waals surface area contributed by atoms with Gasteiger partial charge in [0.1, 0.15) is 4.92 Å². The maximum absolute atomic E-state index is 11.9. The number of carbonyl (C=O) groups is 2. The zero-order valence-corrected chi connectivity index (χ0v) is 14.3. The van der Waals surface area contributed by atoms with Crippen LogP contribution >= 0.6 is 0 Å². The second-order valence-corrected chi connectivity index (χ2v) is 5.59. The number of aryl methyl sites for hydroxylation is 2. The minimum atomic E-state index is -0.676. The molecule has 1 heterocycles. The van der Waals surface area contributed by atoms with Crippen LogP contribution in [0.2, 0.25) is 0 Å².